The van der Waals surface area contributed by atoms with E-state index >= 15 is 0 Å². The SMILES string of the molecule is FC(F)(F)Oc1ccc(COc2cn[nH]n2)cc1. The molecular formula is C10H8F3N3O2. The van der Waals surface area contributed by atoms with Crippen molar-refractivity contribution in [3.8, 4) is 11.6 Å². The van der Waals surface area contributed by atoms with Crippen molar-refractivity contribution in [2.45, 2.75) is 13.0 Å². The summed E-state index contributed by atoms with van der Waals surface area (Å²) in [6.45, 7) is 0.179. The molecule has 0 aliphatic heterocycles. The van der Waals surface area contributed by atoms with Gasteiger partial charge < -0.3 is 9.47 Å². The van der Waals surface area contributed by atoms with Crippen LogP contribution in [0.4, 0.5) is 13.2 Å². The molecule has 1 heterocycles. The third kappa shape index (κ3) is 3.65. The van der Waals surface area contributed by atoms with Crippen LogP contribution in [0.25, 0.3) is 0 Å². The molecule has 0 radical (unpaired) electrons. The quantitative estimate of drug-likeness (QED) is 0.915. The molecule has 1 aromatic carbocycles. The van der Waals surface area contributed by atoms with Gasteiger partial charge in [0, 0.05) is 0 Å². The minimum Gasteiger partial charge on any atom is -0.471 e. The molecule has 0 spiro atoms. The van der Waals surface area contributed by atoms with E-state index < -0.39 is 6.36 Å². The van der Waals surface area contributed by atoms with Crippen molar-refractivity contribution < 1.29 is 22.6 Å². The summed E-state index contributed by atoms with van der Waals surface area (Å²) in [6, 6.07) is 5.38. The Labute approximate surface area is 99.5 Å². The van der Waals surface area contributed by atoms with Crippen LogP contribution in [0.2, 0.25) is 0 Å². The Morgan fingerprint density at radius 2 is 1.89 bits per heavy atom. The van der Waals surface area contributed by atoms with Gasteiger partial charge in [0.15, 0.2) is 0 Å². The maximum absolute atomic E-state index is 11.9. The molecule has 1 N–H and O–H groups in total. The van der Waals surface area contributed by atoms with Crippen LogP contribution in [0.1, 0.15) is 5.56 Å². The van der Waals surface area contributed by atoms with E-state index in [4.69, 9.17) is 4.74 Å². The molecule has 18 heavy (non-hydrogen) atoms. The predicted octanol–water partition coefficient (Wildman–Crippen LogP) is 2.28. The average Bonchev–Trinajstić information content (AvgIpc) is 2.79. The van der Waals surface area contributed by atoms with Crippen molar-refractivity contribution in [2.24, 2.45) is 0 Å². The standard InChI is InChI=1S/C10H8F3N3O2/c11-10(12,13)18-8-3-1-7(2-4-8)6-17-9-5-14-16-15-9/h1-5H,6H2,(H,14,15,16). The molecule has 0 saturated heterocycles. The second kappa shape index (κ2) is 4.94. The lowest BCUT2D eigenvalue weighted by molar-refractivity contribution is -0.274. The molecule has 0 saturated carbocycles. The summed E-state index contributed by atoms with van der Waals surface area (Å²) in [5.41, 5.74) is 0.688. The predicted molar refractivity (Wildman–Crippen MR) is 53.8 cm³/mol. The second-order valence-electron chi connectivity index (χ2n) is 3.29. The molecule has 8 heteroatoms. The average molecular weight is 259 g/mol. The van der Waals surface area contributed by atoms with Crippen molar-refractivity contribution in [2.75, 3.05) is 0 Å². The summed E-state index contributed by atoms with van der Waals surface area (Å²) in [5.74, 6) is 0.0401. The molecule has 0 aliphatic carbocycles. The normalized spacial score (nSPS) is 11.3. The number of alkyl halides is 3. The minimum absolute atomic E-state index is 0.179. The Balaban J connectivity index is 1.91. The summed E-state index contributed by atoms with van der Waals surface area (Å²) < 4.78 is 44.7. The van der Waals surface area contributed by atoms with E-state index in [2.05, 4.69) is 20.1 Å². The van der Waals surface area contributed by atoms with Gasteiger partial charge in [-0.05, 0) is 17.7 Å². The summed E-state index contributed by atoms with van der Waals surface area (Å²) in [4.78, 5) is 0. The molecule has 0 amide bonds. The summed E-state index contributed by atoms with van der Waals surface area (Å²) in [7, 11) is 0. The Kier molecular flexibility index (Phi) is 3.35. The van der Waals surface area contributed by atoms with Crippen LogP contribution in [0, 0.1) is 0 Å². The Morgan fingerprint density at radius 3 is 2.44 bits per heavy atom. The first-order valence-corrected chi connectivity index (χ1v) is 4.86. The van der Waals surface area contributed by atoms with Gasteiger partial charge >= 0.3 is 6.36 Å². The van der Waals surface area contributed by atoms with Gasteiger partial charge in [0.1, 0.15) is 18.6 Å². The van der Waals surface area contributed by atoms with Gasteiger partial charge in [-0.1, -0.05) is 12.1 Å². The number of hydrogen-bond donors (Lipinski definition) is 1. The lowest BCUT2D eigenvalue weighted by Gasteiger charge is -2.09. The van der Waals surface area contributed by atoms with Crippen molar-refractivity contribution in [3.05, 3.63) is 36.0 Å². The molecule has 0 bridgehead atoms. The zero-order valence-electron chi connectivity index (χ0n) is 8.94. The molecule has 5 nitrogen and oxygen atoms in total. The molecule has 0 fully saturated rings. The number of benzene rings is 1. The lowest BCUT2D eigenvalue weighted by atomic mass is 10.2. The zero-order valence-corrected chi connectivity index (χ0v) is 8.94. The summed E-state index contributed by atoms with van der Waals surface area (Å²) >= 11 is 0. The van der Waals surface area contributed by atoms with Gasteiger partial charge in [-0.2, -0.15) is 10.3 Å². The van der Waals surface area contributed by atoms with Crippen molar-refractivity contribution >= 4 is 0 Å². The number of nitrogens with one attached hydrogen (secondary N) is 1. The monoisotopic (exact) mass is 259 g/mol. The molecule has 96 valence electrons. The molecular weight excluding hydrogens is 251 g/mol. The highest BCUT2D eigenvalue weighted by Gasteiger charge is 2.30. The molecule has 0 aliphatic rings. The number of ether oxygens (including phenoxy) is 2. The highest BCUT2D eigenvalue weighted by molar-refractivity contribution is 5.27. The van der Waals surface area contributed by atoms with Crippen LogP contribution in [0.15, 0.2) is 30.5 Å². The third-order valence-corrected chi connectivity index (χ3v) is 1.94. The maximum atomic E-state index is 11.9. The van der Waals surface area contributed by atoms with Gasteiger partial charge in [0.2, 0.25) is 0 Å². The first-order valence-electron chi connectivity index (χ1n) is 4.86. The lowest BCUT2D eigenvalue weighted by Crippen LogP contribution is -2.17. The topological polar surface area (TPSA) is 60.0 Å². The van der Waals surface area contributed by atoms with E-state index in [0.29, 0.717) is 11.4 Å². The van der Waals surface area contributed by atoms with Crippen LogP contribution in [0.5, 0.6) is 11.6 Å². The highest BCUT2D eigenvalue weighted by Crippen LogP contribution is 2.22. The third-order valence-electron chi connectivity index (χ3n) is 1.94. The second-order valence-corrected chi connectivity index (χ2v) is 3.29. The Bertz CT molecular complexity index is 482. The zero-order chi connectivity index (χ0) is 13.0. The van der Waals surface area contributed by atoms with Crippen LogP contribution in [-0.2, 0) is 6.61 Å². The molecule has 1 aromatic heterocycles. The molecule has 2 aromatic rings. The molecule has 0 atom stereocenters. The van der Waals surface area contributed by atoms with Crippen molar-refractivity contribution in [1.82, 2.24) is 15.4 Å². The minimum atomic E-state index is -4.68. The van der Waals surface area contributed by atoms with Gasteiger partial charge in [-0.15, -0.1) is 18.3 Å². The number of rotatable bonds is 4. The number of hydrogen-bond acceptors (Lipinski definition) is 4. The van der Waals surface area contributed by atoms with Crippen molar-refractivity contribution in [3.63, 3.8) is 0 Å². The van der Waals surface area contributed by atoms with Gasteiger partial charge in [-0.25, -0.2) is 0 Å². The summed E-state index contributed by atoms with van der Waals surface area (Å²) in [6.07, 6.45) is -3.29. The Hall–Kier alpha value is -2.25. The van der Waals surface area contributed by atoms with Crippen molar-refractivity contribution in [1.29, 1.82) is 0 Å². The maximum Gasteiger partial charge on any atom is 0.573 e. The van der Waals surface area contributed by atoms with Crippen LogP contribution < -0.4 is 9.47 Å². The van der Waals surface area contributed by atoms with E-state index in [1.54, 1.807) is 0 Å². The van der Waals surface area contributed by atoms with Crippen LogP contribution >= 0.6 is 0 Å². The van der Waals surface area contributed by atoms with Crippen LogP contribution in [-0.4, -0.2) is 21.8 Å². The smallest absolute Gasteiger partial charge is 0.471 e. The van der Waals surface area contributed by atoms with Gasteiger partial charge in [0.05, 0.1) is 0 Å². The molecule has 0 unspecified atom stereocenters. The highest BCUT2D eigenvalue weighted by atomic mass is 19.4. The fourth-order valence-corrected chi connectivity index (χ4v) is 1.21. The largest absolute Gasteiger partial charge is 0.573 e. The number of halogens is 3. The number of H-pyrrole nitrogens is 1. The number of aromatic nitrogens is 3. The van der Waals surface area contributed by atoms with E-state index in [-0.39, 0.29) is 12.4 Å². The van der Waals surface area contributed by atoms with E-state index in [9.17, 15) is 13.2 Å². The first kappa shape index (κ1) is 12.2. The first-order chi connectivity index (χ1) is 8.53. The van der Waals surface area contributed by atoms with Crippen LogP contribution in [0.3, 0.4) is 0 Å². The molecule has 2 rings (SSSR count). The van der Waals surface area contributed by atoms with E-state index in [1.807, 2.05) is 0 Å². The number of nitrogens with zero attached hydrogens (tertiary/aromatic N) is 2. The number of aromatic amines is 1. The van der Waals surface area contributed by atoms with E-state index in [0.717, 1.165) is 0 Å². The van der Waals surface area contributed by atoms with Gasteiger partial charge in [-0.3, -0.25) is 0 Å². The fraction of sp³-hybridized carbons (Fsp3) is 0.200. The fourth-order valence-electron chi connectivity index (χ4n) is 1.21. The Morgan fingerprint density at radius 1 is 1.17 bits per heavy atom. The van der Waals surface area contributed by atoms with Gasteiger partial charge in [0.25, 0.3) is 5.88 Å². The summed E-state index contributed by atoms with van der Waals surface area (Å²) in [5, 5.41) is 9.58. The van der Waals surface area contributed by atoms with E-state index in [1.165, 1.54) is 30.5 Å².